The van der Waals surface area contributed by atoms with Gasteiger partial charge in [-0.2, -0.15) is 0 Å². The van der Waals surface area contributed by atoms with Crippen molar-refractivity contribution in [2.45, 2.75) is 0 Å². The Labute approximate surface area is 160 Å². The van der Waals surface area contributed by atoms with E-state index in [9.17, 15) is 0 Å². The molecule has 0 atom stereocenters. The van der Waals surface area contributed by atoms with Gasteiger partial charge in [-0.05, 0) is 36.4 Å². The lowest BCUT2D eigenvalue weighted by Crippen LogP contribution is -2.45. The van der Waals surface area contributed by atoms with Crippen LogP contribution in [0.15, 0.2) is 54.6 Å². The van der Waals surface area contributed by atoms with Gasteiger partial charge in [0.15, 0.2) is 0 Å². The second kappa shape index (κ2) is 8.37. The summed E-state index contributed by atoms with van der Waals surface area (Å²) in [5, 5.41) is 8.20. The fourth-order valence-corrected chi connectivity index (χ4v) is 3.51. The number of methoxy groups -OCH3 is 1. The molecule has 0 radical (unpaired) electrons. The van der Waals surface area contributed by atoms with E-state index in [2.05, 4.69) is 51.9 Å². The highest BCUT2D eigenvalue weighted by molar-refractivity contribution is 5.93. The SMILES string of the molecule is COc1ccc(-c2cc(NCCN3CCNCC3)c3ccccc3n2)cc1. The van der Waals surface area contributed by atoms with Crippen LogP contribution in [0.25, 0.3) is 22.2 Å². The molecule has 1 aliphatic heterocycles. The molecule has 0 bridgehead atoms. The number of anilines is 1. The number of benzene rings is 2. The average molecular weight is 362 g/mol. The van der Waals surface area contributed by atoms with E-state index >= 15 is 0 Å². The first-order valence-corrected chi connectivity index (χ1v) is 9.54. The van der Waals surface area contributed by atoms with Crippen molar-refractivity contribution >= 4 is 16.6 Å². The van der Waals surface area contributed by atoms with Gasteiger partial charge in [0, 0.05) is 55.9 Å². The van der Waals surface area contributed by atoms with E-state index in [4.69, 9.17) is 9.72 Å². The molecule has 2 N–H and O–H groups in total. The fourth-order valence-electron chi connectivity index (χ4n) is 3.51. The molecule has 0 amide bonds. The van der Waals surface area contributed by atoms with Crippen molar-refractivity contribution in [2.75, 3.05) is 51.7 Å². The number of para-hydroxylation sites is 1. The minimum atomic E-state index is 0.855. The lowest BCUT2D eigenvalue weighted by molar-refractivity contribution is 0.249. The molecule has 5 heteroatoms. The molecule has 1 aliphatic rings. The zero-order valence-electron chi connectivity index (χ0n) is 15.7. The summed E-state index contributed by atoms with van der Waals surface area (Å²) in [4.78, 5) is 7.36. The molecule has 3 aromatic rings. The first-order chi connectivity index (χ1) is 13.3. The van der Waals surface area contributed by atoms with Crippen LogP contribution in [0, 0.1) is 0 Å². The highest BCUT2D eigenvalue weighted by Gasteiger charge is 2.10. The molecular formula is C22H26N4O. The number of rotatable bonds is 6. The molecule has 5 nitrogen and oxygen atoms in total. The standard InChI is InChI=1S/C22H26N4O/c1-27-18-8-6-17(7-9-18)21-16-22(19-4-2-3-5-20(19)25-21)24-12-15-26-13-10-23-11-14-26/h2-9,16,23H,10-15H2,1H3,(H,24,25). The second-order valence-corrected chi connectivity index (χ2v) is 6.82. The van der Waals surface area contributed by atoms with Gasteiger partial charge < -0.3 is 15.4 Å². The van der Waals surface area contributed by atoms with E-state index in [1.807, 2.05) is 18.2 Å². The van der Waals surface area contributed by atoms with Gasteiger partial charge >= 0.3 is 0 Å². The number of fused-ring (bicyclic) bond motifs is 1. The number of ether oxygens (including phenoxy) is 1. The van der Waals surface area contributed by atoms with Gasteiger partial charge in [-0.25, -0.2) is 4.98 Å². The Balaban J connectivity index is 1.57. The first-order valence-electron chi connectivity index (χ1n) is 9.54. The van der Waals surface area contributed by atoms with Crippen LogP contribution >= 0.6 is 0 Å². The number of pyridine rings is 1. The van der Waals surface area contributed by atoms with Crippen molar-refractivity contribution in [3.63, 3.8) is 0 Å². The maximum Gasteiger partial charge on any atom is 0.118 e. The summed E-state index contributed by atoms with van der Waals surface area (Å²) in [5.41, 5.74) is 4.21. The van der Waals surface area contributed by atoms with Crippen LogP contribution in [-0.2, 0) is 0 Å². The van der Waals surface area contributed by atoms with Crippen LogP contribution in [0.3, 0.4) is 0 Å². The second-order valence-electron chi connectivity index (χ2n) is 6.82. The van der Waals surface area contributed by atoms with Gasteiger partial charge in [-0.3, -0.25) is 4.90 Å². The lowest BCUT2D eigenvalue weighted by atomic mass is 10.1. The Morgan fingerprint density at radius 1 is 1.07 bits per heavy atom. The van der Waals surface area contributed by atoms with E-state index < -0.39 is 0 Å². The predicted octanol–water partition coefficient (Wildman–Crippen LogP) is 3.23. The largest absolute Gasteiger partial charge is 0.497 e. The van der Waals surface area contributed by atoms with Crippen LogP contribution in [0.2, 0.25) is 0 Å². The minimum Gasteiger partial charge on any atom is -0.497 e. The Hall–Kier alpha value is -2.63. The maximum atomic E-state index is 5.27. The molecular weight excluding hydrogens is 336 g/mol. The Bertz CT molecular complexity index is 888. The van der Waals surface area contributed by atoms with Crippen LogP contribution < -0.4 is 15.4 Å². The van der Waals surface area contributed by atoms with E-state index in [1.165, 1.54) is 0 Å². The van der Waals surface area contributed by atoms with Gasteiger partial charge in [0.05, 0.1) is 18.3 Å². The van der Waals surface area contributed by atoms with Crippen molar-refractivity contribution in [2.24, 2.45) is 0 Å². The van der Waals surface area contributed by atoms with Gasteiger partial charge in [-0.1, -0.05) is 18.2 Å². The summed E-state index contributed by atoms with van der Waals surface area (Å²) >= 11 is 0. The van der Waals surface area contributed by atoms with Gasteiger partial charge in [0.1, 0.15) is 5.75 Å². The number of hydrogen-bond acceptors (Lipinski definition) is 5. The highest BCUT2D eigenvalue weighted by Crippen LogP contribution is 2.29. The molecule has 140 valence electrons. The molecule has 0 spiro atoms. The zero-order valence-corrected chi connectivity index (χ0v) is 15.7. The summed E-state index contributed by atoms with van der Waals surface area (Å²) in [5.74, 6) is 0.855. The third-order valence-electron chi connectivity index (χ3n) is 5.06. The molecule has 4 rings (SSSR count). The third-order valence-corrected chi connectivity index (χ3v) is 5.06. The van der Waals surface area contributed by atoms with Crippen LogP contribution in [0.4, 0.5) is 5.69 Å². The number of nitrogens with zero attached hydrogens (tertiary/aromatic N) is 2. The smallest absolute Gasteiger partial charge is 0.118 e. The predicted molar refractivity (Wildman–Crippen MR) is 112 cm³/mol. The van der Waals surface area contributed by atoms with Crippen LogP contribution in [0.5, 0.6) is 5.75 Å². The van der Waals surface area contributed by atoms with E-state index in [-0.39, 0.29) is 0 Å². The van der Waals surface area contributed by atoms with E-state index in [0.717, 1.165) is 72.9 Å². The van der Waals surface area contributed by atoms with Gasteiger partial charge in [-0.15, -0.1) is 0 Å². The van der Waals surface area contributed by atoms with Crippen molar-refractivity contribution < 1.29 is 4.74 Å². The van der Waals surface area contributed by atoms with Crippen molar-refractivity contribution in [3.8, 4) is 17.0 Å². The number of aromatic nitrogens is 1. The van der Waals surface area contributed by atoms with Crippen molar-refractivity contribution in [1.82, 2.24) is 15.2 Å². The van der Waals surface area contributed by atoms with Crippen LogP contribution in [0.1, 0.15) is 0 Å². The Kier molecular flexibility index (Phi) is 5.51. The molecule has 1 fully saturated rings. The maximum absolute atomic E-state index is 5.27. The summed E-state index contributed by atoms with van der Waals surface area (Å²) < 4.78 is 5.27. The monoisotopic (exact) mass is 362 g/mol. The Morgan fingerprint density at radius 2 is 1.85 bits per heavy atom. The summed E-state index contributed by atoms with van der Waals surface area (Å²) in [6, 6.07) is 18.5. The number of hydrogen-bond donors (Lipinski definition) is 2. The van der Waals surface area contributed by atoms with Crippen molar-refractivity contribution in [3.05, 3.63) is 54.6 Å². The molecule has 1 saturated heterocycles. The zero-order chi connectivity index (χ0) is 18.5. The van der Waals surface area contributed by atoms with Crippen LogP contribution in [-0.4, -0.2) is 56.3 Å². The molecule has 0 aliphatic carbocycles. The minimum absolute atomic E-state index is 0.855. The normalized spacial score (nSPS) is 15.0. The fraction of sp³-hybridized carbons (Fsp3) is 0.318. The number of nitrogens with one attached hydrogen (secondary N) is 2. The molecule has 0 saturated carbocycles. The molecule has 2 aromatic carbocycles. The highest BCUT2D eigenvalue weighted by atomic mass is 16.5. The van der Waals surface area contributed by atoms with Gasteiger partial charge in [0.25, 0.3) is 0 Å². The molecule has 1 aromatic heterocycles. The summed E-state index contributed by atoms with van der Waals surface area (Å²) in [6.45, 7) is 6.39. The molecule has 27 heavy (non-hydrogen) atoms. The molecule has 0 unspecified atom stereocenters. The lowest BCUT2D eigenvalue weighted by Gasteiger charge is -2.27. The van der Waals surface area contributed by atoms with Gasteiger partial charge in [0.2, 0.25) is 0 Å². The Morgan fingerprint density at radius 3 is 2.63 bits per heavy atom. The van der Waals surface area contributed by atoms with E-state index in [0.29, 0.717) is 0 Å². The first kappa shape index (κ1) is 17.8. The topological polar surface area (TPSA) is 49.4 Å². The average Bonchev–Trinajstić information content (AvgIpc) is 2.74. The van der Waals surface area contributed by atoms with E-state index in [1.54, 1.807) is 7.11 Å². The summed E-state index contributed by atoms with van der Waals surface area (Å²) in [6.07, 6.45) is 0. The number of piperazine rings is 1. The third kappa shape index (κ3) is 4.21. The molecule has 2 heterocycles. The quantitative estimate of drug-likeness (QED) is 0.705. The summed E-state index contributed by atoms with van der Waals surface area (Å²) in [7, 11) is 1.68. The van der Waals surface area contributed by atoms with Crippen molar-refractivity contribution in [1.29, 1.82) is 0 Å².